The molecule has 3 N–H and O–H groups in total. The quantitative estimate of drug-likeness (QED) is 0.515. The average molecular weight is 424 g/mol. The van der Waals surface area contributed by atoms with E-state index in [1.54, 1.807) is 48.5 Å². The molecule has 3 aromatic carbocycles. The van der Waals surface area contributed by atoms with Crippen LogP contribution in [0.1, 0.15) is 26.3 Å². The Morgan fingerprint density at radius 1 is 0.828 bits per heavy atom. The monoisotopic (exact) mass is 423 g/mol. The number of aryl methyl sites for hydroxylation is 1. The summed E-state index contributed by atoms with van der Waals surface area (Å²) in [6, 6.07) is 21.1. The molecule has 0 aromatic heterocycles. The van der Waals surface area contributed by atoms with E-state index in [0.717, 1.165) is 11.3 Å². The number of amides is 2. The smallest absolute Gasteiger partial charge is 0.258 e. The number of rotatable bonds is 4. The zero-order valence-electron chi connectivity index (χ0n) is 15.5. The van der Waals surface area contributed by atoms with Gasteiger partial charge in [0, 0.05) is 16.9 Å². The van der Waals surface area contributed by atoms with E-state index in [2.05, 4.69) is 16.0 Å². The maximum Gasteiger partial charge on any atom is 0.258 e. The van der Waals surface area contributed by atoms with Gasteiger partial charge in [0.05, 0.1) is 10.6 Å². The summed E-state index contributed by atoms with van der Waals surface area (Å²) in [6.45, 7) is 1.96. The zero-order valence-corrected chi connectivity index (χ0v) is 17.1. The van der Waals surface area contributed by atoms with E-state index < -0.39 is 5.91 Å². The van der Waals surface area contributed by atoms with Gasteiger partial charge in [-0.2, -0.15) is 0 Å². The van der Waals surface area contributed by atoms with Gasteiger partial charge in [0.15, 0.2) is 5.11 Å². The molecule has 3 aromatic rings. The number of nitrogens with one attached hydrogen (secondary N) is 3. The summed E-state index contributed by atoms with van der Waals surface area (Å²) in [7, 11) is 0. The van der Waals surface area contributed by atoms with Crippen LogP contribution in [-0.4, -0.2) is 16.9 Å². The van der Waals surface area contributed by atoms with Crippen molar-refractivity contribution in [2.45, 2.75) is 6.92 Å². The van der Waals surface area contributed by atoms with Crippen LogP contribution in [0.2, 0.25) is 5.02 Å². The Morgan fingerprint density at radius 2 is 1.52 bits per heavy atom. The Morgan fingerprint density at radius 3 is 2.24 bits per heavy atom. The molecule has 0 saturated heterocycles. The second-order valence-corrected chi connectivity index (χ2v) is 7.11. The van der Waals surface area contributed by atoms with Gasteiger partial charge in [-0.3, -0.25) is 14.9 Å². The topological polar surface area (TPSA) is 70.2 Å². The standard InChI is InChI=1S/C22H18ClN3O2S/c1-14-6-4-8-16(12-14)24-20(27)15-7-5-9-17(13-15)25-22(29)26-21(28)18-10-2-3-11-19(18)23/h2-13H,1H3,(H,24,27)(H2,25,26,28,29). The summed E-state index contributed by atoms with van der Waals surface area (Å²) in [6.07, 6.45) is 0. The van der Waals surface area contributed by atoms with Crippen LogP contribution >= 0.6 is 23.8 Å². The van der Waals surface area contributed by atoms with Crippen molar-refractivity contribution >= 4 is 52.1 Å². The lowest BCUT2D eigenvalue weighted by atomic mass is 10.1. The summed E-state index contributed by atoms with van der Waals surface area (Å²) in [5, 5.41) is 8.78. The first-order chi connectivity index (χ1) is 13.9. The third-order valence-electron chi connectivity index (χ3n) is 4.00. The van der Waals surface area contributed by atoms with Gasteiger partial charge in [-0.1, -0.05) is 41.9 Å². The molecule has 2 amide bonds. The molecule has 7 heteroatoms. The van der Waals surface area contributed by atoms with Crippen molar-refractivity contribution in [3.63, 3.8) is 0 Å². The van der Waals surface area contributed by atoms with Gasteiger partial charge >= 0.3 is 0 Å². The lowest BCUT2D eigenvalue weighted by Crippen LogP contribution is -2.34. The number of carbonyl (C=O) groups is 2. The van der Waals surface area contributed by atoms with E-state index in [9.17, 15) is 9.59 Å². The van der Waals surface area contributed by atoms with Gasteiger partial charge in [0.1, 0.15) is 0 Å². The Hall–Kier alpha value is -3.22. The first kappa shape index (κ1) is 20.5. The number of halogens is 1. The number of benzene rings is 3. The second kappa shape index (κ2) is 9.32. The summed E-state index contributed by atoms with van der Waals surface area (Å²) in [5.41, 5.74) is 3.13. The van der Waals surface area contributed by atoms with Crippen LogP contribution in [0.15, 0.2) is 72.8 Å². The van der Waals surface area contributed by atoms with Crippen molar-refractivity contribution in [3.05, 3.63) is 94.5 Å². The third kappa shape index (κ3) is 5.63. The van der Waals surface area contributed by atoms with E-state index in [1.807, 2.05) is 31.2 Å². The average Bonchev–Trinajstić information content (AvgIpc) is 2.68. The van der Waals surface area contributed by atoms with E-state index in [4.69, 9.17) is 23.8 Å². The van der Waals surface area contributed by atoms with Crippen LogP contribution in [0.25, 0.3) is 0 Å². The van der Waals surface area contributed by atoms with Crippen molar-refractivity contribution in [1.82, 2.24) is 5.32 Å². The first-order valence-corrected chi connectivity index (χ1v) is 9.56. The number of anilines is 2. The Balaban J connectivity index is 1.64. The van der Waals surface area contributed by atoms with E-state index >= 15 is 0 Å². The van der Waals surface area contributed by atoms with Crippen molar-refractivity contribution in [1.29, 1.82) is 0 Å². The summed E-state index contributed by atoms with van der Waals surface area (Å²) in [5.74, 6) is -0.660. The third-order valence-corrected chi connectivity index (χ3v) is 4.54. The minimum atomic E-state index is -0.415. The van der Waals surface area contributed by atoms with Crippen LogP contribution in [0.4, 0.5) is 11.4 Å². The first-order valence-electron chi connectivity index (χ1n) is 8.77. The number of carbonyl (C=O) groups excluding carboxylic acids is 2. The molecular formula is C22H18ClN3O2S. The number of hydrogen-bond acceptors (Lipinski definition) is 3. The molecule has 29 heavy (non-hydrogen) atoms. The highest BCUT2D eigenvalue weighted by molar-refractivity contribution is 7.80. The molecule has 0 aliphatic rings. The highest BCUT2D eigenvalue weighted by Crippen LogP contribution is 2.16. The van der Waals surface area contributed by atoms with E-state index in [1.165, 1.54) is 0 Å². The molecule has 0 spiro atoms. The molecule has 5 nitrogen and oxygen atoms in total. The highest BCUT2D eigenvalue weighted by atomic mass is 35.5. The molecule has 0 atom stereocenters. The molecule has 0 radical (unpaired) electrons. The van der Waals surface area contributed by atoms with Crippen molar-refractivity contribution in [3.8, 4) is 0 Å². The Bertz CT molecular complexity index is 1080. The van der Waals surface area contributed by atoms with Gasteiger partial charge < -0.3 is 10.6 Å². The van der Waals surface area contributed by atoms with Crippen LogP contribution in [0.3, 0.4) is 0 Å². The molecule has 0 aliphatic heterocycles. The largest absolute Gasteiger partial charge is 0.332 e. The molecule has 0 saturated carbocycles. The normalized spacial score (nSPS) is 10.1. The predicted molar refractivity (Wildman–Crippen MR) is 121 cm³/mol. The Kier molecular flexibility index (Phi) is 6.59. The fraction of sp³-hybridized carbons (Fsp3) is 0.0455. The zero-order chi connectivity index (χ0) is 20.8. The minimum Gasteiger partial charge on any atom is -0.332 e. The fourth-order valence-corrected chi connectivity index (χ4v) is 3.07. The predicted octanol–water partition coefficient (Wildman–Crippen LogP) is 5.03. The van der Waals surface area contributed by atoms with Crippen molar-refractivity contribution in [2.24, 2.45) is 0 Å². The van der Waals surface area contributed by atoms with Gasteiger partial charge in [-0.05, 0) is 67.2 Å². The maximum absolute atomic E-state index is 12.5. The Labute approximate surface area is 179 Å². The molecule has 0 heterocycles. The molecule has 0 aliphatic carbocycles. The lowest BCUT2D eigenvalue weighted by Gasteiger charge is -2.12. The molecule has 0 unspecified atom stereocenters. The van der Waals surface area contributed by atoms with Gasteiger partial charge in [-0.15, -0.1) is 0 Å². The molecule has 146 valence electrons. The lowest BCUT2D eigenvalue weighted by molar-refractivity contribution is 0.0976. The molecule has 0 fully saturated rings. The summed E-state index contributed by atoms with van der Waals surface area (Å²) in [4.78, 5) is 24.8. The summed E-state index contributed by atoms with van der Waals surface area (Å²) >= 11 is 11.2. The summed E-state index contributed by atoms with van der Waals surface area (Å²) < 4.78 is 0. The second-order valence-electron chi connectivity index (χ2n) is 6.29. The van der Waals surface area contributed by atoms with Crippen LogP contribution in [0.5, 0.6) is 0 Å². The van der Waals surface area contributed by atoms with Gasteiger partial charge in [0.2, 0.25) is 0 Å². The van der Waals surface area contributed by atoms with E-state index in [0.29, 0.717) is 21.8 Å². The fourth-order valence-electron chi connectivity index (χ4n) is 2.64. The SMILES string of the molecule is Cc1cccc(NC(=O)c2cccc(NC(=S)NC(=O)c3ccccc3Cl)c2)c1. The van der Waals surface area contributed by atoms with Crippen LogP contribution in [0, 0.1) is 6.92 Å². The van der Waals surface area contributed by atoms with Crippen LogP contribution < -0.4 is 16.0 Å². The molecule has 3 rings (SSSR count). The van der Waals surface area contributed by atoms with Crippen molar-refractivity contribution in [2.75, 3.05) is 10.6 Å². The van der Waals surface area contributed by atoms with Crippen molar-refractivity contribution < 1.29 is 9.59 Å². The highest BCUT2D eigenvalue weighted by Gasteiger charge is 2.12. The van der Waals surface area contributed by atoms with Crippen LogP contribution in [-0.2, 0) is 0 Å². The number of hydrogen-bond donors (Lipinski definition) is 3. The molecular weight excluding hydrogens is 406 g/mol. The van der Waals surface area contributed by atoms with E-state index in [-0.39, 0.29) is 11.0 Å². The van der Waals surface area contributed by atoms with Gasteiger partial charge in [-0.25, -0.2) is 0 Å². The minimum absolute atomic E-state index is 0.103. The van der Waals surface area contributed by atoms with Gasteiger partial charge in [0.25, 0.3) is 11.8 Å². The molecule has 0 bridgehead atoms. The maximum atomic E-state index is 12.5. The number of thiocarbonyl (C=S) groups is 1.